The van der Waals surface area contributed by atoms with Gasteiger partial charge in [0.05, 0.1) is 47.5 Å². The lowest BCUT2D eigenvalue weighted by Gasteiger charge is -2.33. The first-order valence-electron chi connectivity index (χ1n) is 18.0. The molecule has 3 atom stereocenters. The van der Waals surface area contributed by atoms with E-state index in [9.17, 15) is 14.0 Å². The number of amides is 3. The van der Waals surface area contributed by atoms with Crippen LogP contribution >= 0.6 is 11.6 Å². The molecule has 5 heterocycles. The van der Waals surface area contributed by atoms with E-state index in [0.29, 0.717) is 52.1 Å². The number of nitrogens with zero attached hydrogens (tertiary/aromatic N) is 4. The Morgan fingerprint density at radius 1 is 1.09 bits per heavy atom. The molecule has 1 aliphatic carbocycles. The second-order valence-electron chi connectivity index (χ2n) is 14.5. The van der Waals surface area contributed by atoms with Gasteiger partial charge in [-0.1, -0.05) is 23.7 Å². The Balaban J connectivity index is 0.902. The number of benzene rings is 3. The van der Waals surface area contributed by atoms with Gasteiger partial charge in [-0.05, 0) is 105 Å². The molecule has 2 unspecified atom stereocenters. The van der Waals surface area contributed by atoms with Crippen LogP contribution in [-0.2, 0) is 28.4 Å². The number of anilines is 1. The molecule has 3 aromatic carbocycles. The number of carbonyl (C=O) groups excluding carboxylic acids is 2. The number of hydrogen-bond donors (Lipinski definition) is 2. The minimum absolute atomic E-state index is 0.141. The predicted octanol–water partition coefficient (Wildman–Crippen LogP) is 7.00. The van der Waals surface area contributed by atoms with Gasteiger partial charge in [0, 0.05) is 35.4 Å². The van der Waals surface area contributed by atoms with E-state index < -0.39 is 17.6 Å². The molecule has 4 aliphatic heterocycles. The molecule has 13 heteroatoms. The van der Waals surface area contributed by atoms with Crippen molar-refractivity contribution in [2.75, 3.05) is 25.0 Å². The molecule has 0 spiro atoms. The highest BCUT2D eigenvalue weighted by Gasteiger charge is 2.43. The second kappa shape index (κ2) is 13.1. The lowest BCUT2D eigenvalue weighted by atomic mass is 9.88. The standard InChI is InChI=1S/C40H38ClFN6O5/c1-22-16-24(17-32-36(22)46-39(50)45-32)38(49)43-26-7-9-33-31(19-26)44-35(48(33)20-27-12-15-51-27)21-47-13-10-23(11-14-47)28-4-3-5-34-37(28)53-40(2,52-34)29-8-6-25(41)18-30(29)42/h3-9,16-19,23,27,36H,10-15,20-21H2,1-2H3,(H,43,49)(H,46,50)/t27-,36?,40?/m0/s1. The van der Waals surface area contributed by atoms with Crippen molar-refractivity contribution in [3.8, 4) is 11.5 Å². The number of aromatic nitrogens is 2. The van der Waals surface area contributed by atoms with E-state index in [1.54, 1.807) is 31.2 Å². The zero-order valence-corrected chi connectivity index (χ0v) is 30.1. The highest BCUT2D eigenvalue weighted by molar-refractivity contribution is 6.30. The van der Waals surface area contributed by atoms with Crippen LogP contribution < -0.4 is 20.1 Å². The number of piperidine rings is 1. The van der Waals surface area contributed by atoms with Crippen LogP contribution in [0.4, 0.5) is 14.9 Å². The smallest absolute Gasteiger partial charge is 0.342 e. The van der Waals surface area contributed by atoms with E-state index in [4.69, 9.17) is 30.8 Å². The lowest BCUT2D eigenvalue weighted by Crippen LogP contribution is -2.35. The molecule has 2 fully saturated rings. The zero-order chi connectivity index (χ0) is 36.4. The Bertz CT molecular complexity index is 2270. The summed E-state index contributed by atoms with van der Waals surface area (Å²) >= 11 is 6.01. The average Bonchev–Trinajstić information content (AvgIpc) is 3.78. The normalized spacial score (nSPS) is 23.9. The first-order valence-corrected chi connectivity index (χ1v) is 18.4. The van der Waals surface area contributed by atoms with Gasteiger partial charge in [-0.2, -0.15) is 4.99 Å². The van der Waals surface area contributed by atoms with Gasteiger partial charge in [0.25, 0.3) is 11.7 Å². The number of fused-ring (bicyclic) bond motifs is 3. The van der Waals surface area contributed by atoms with Gasteiger partial charge in [0.1, 0.15) is 11.6 Å². The summed E-state index contributed by atoms with van der Waals surface area (Å²) in [6, 6.07) is 15.6. The highest BCUT2D eigenvalue weighted by atomic mass is 35.5. The molecule has 0 bridgehead atoms. The van der Waals surface area contributed by atoms with Crippen molar-refractivity contribution in [1.29, 1.82) is 0 Å². The number of carbonyl (C=O) groups is 2. The minimum Gasteiger partial charge on any atom is -0.444 e. The highest BCUT2D eigenvalue weighted by Crippen LogP contribution is 2.50. The minimum atomic E-state index is -1.29. The Morgan fingerprint density at radius 3 is 2.70 bits per heavy atom. The van der Waals surface area contributed by atoms with E-state index in [0.717, 1.165) is 67.0 Å². The molecule has 11 nitrogen and oxygen atoms in total. The second-order valence-corrected chi connectivity index (χ2v) is 14.9. The van der Waals surface area contributed by atoms with Crippen LogP contribution in [0.25, 0.3) is 11.0 Å². The van der Waals surface area contributed by atoms with E-state index in [1.807, 2.05) is 37.3 Å². The predicted molar refractivity (Wildman–Crippen MR) is 198 cm³/mol. The molecule has 9 rings (SSSR count). The summed E-state index contributed by atoms with van der Waals surface area (Å²) in [5, 5.41) is 6.11. The molecule has 5 aliphatic rings. The van der Waals surface area contributed by atoms with Crippen molar-refractivity contribution in [2.45, 2.75) is 70.1 Å². The fourth-order valence-corrected chi connectivity index (χ4v) is 8.15. The van der Waals surface area contributed by atoms with Crippen LogP contribution in [0.15, 0.2) is 82.9 Å². The van der Waals surface area contributed by atoms with Crippen molar-refractivity contribution in [2.24, 2.45) is 4.99 Å². The number of likely N-dealkylation sites (tertiary alicyclic amines) is 1. The molecular weight excluding hydrogens is 699 g/mol. The monoisotopic (exact) mass is 736 g/mol. The average molecular weight is 737 g/mol. The van der Waals surface area contributed by atoms with Gasteiger partial charge in [0.2, 0.25) is 0 Å². The van der Waals surface area contributed by atoms with Crippen molar-refractivity contribution < 1.29 is 28.2 Å². The molecule has 0 radical (unpaired) electrons. The number of urea groups is 1. The van der Waals surface area contributed by atoms with Crippen molar-refractivity contribution in [3.05, 3.63) is 106 Å². The topological polar surface area (TPSA) is 119 Å². The molecule has 0 saturated carbocycles. The molecular formula is C40H38ClFN6O5. The van der Waals surface area contributed by atoms with Crippen molar-refractivity contribution >= 4 is 46.0 Å². The van der Waals surface area contributed by atoms with Gasteiger partial charge in [-0.25, -0.2) is 14.2 Å². The number of ether oxygens (including phenoxy) is 3. The largest absolute Gasteiger partial charge is 0.444 e. The van der Waals surface area contributed by atoms with Gasteiger partial charge in [-0.3, -0.25) is 9.69 Å². The van der Waals surface area contributed by atoms with E-state index >= 15 is 0 Å². The number of para-hydroxylation sites is 1. The lowest BCUT2D eigenvalue weighted by molar-refractivity contribution is -0.112. The van der Waals surface area contributed by atoms with Crippen LogP contribution in [0.5, 0.6) is 11.5 Å². The Labute approximate surface area is 310 Å². The Kier molecular flexibility index (Phi) is 8.36. The maximum absolute atomic E-state index is 14.9. The van der Waals surface area contributed by atoms with Gasteiger partial charge in [-0.15, -0.1) is 0 Å². The zero-order valence-electron chi connectivity index (χ0n) is 29.3. The van der Waals surface area contributed by atoms with E-state index in [-0.39, 0.29) is 24.0 Å². The summed E-state index contributed by atoms with van der Waals surface area (Å²) in [4.78, 5) is 36.6. The maximum Gasteiger partial charge on any atom is 0.342 e. The summed E-state index contributed by atoms with van der Waals surface area (Å²) < 4.78 is 35.6. The van der Waals surface area contributed by atoms with Crippen molar-refractivity contribution in [1.82, 2.24) is 19.8 Å². The Hall–Kier alpha value is -5.04. The quantitative estimate of drug-likeness (QED) is 0.200. The SMILES string of the molecule is CC1=CC(C(=O)Nc2ccc3c(c2)nc(CN2CCC(c4cccc5c4OC(C)(c4ccc(Cl)cc4F)O5)CC2)n3C[C@@H]2CCO2)=CC2=NC(=O)NC12. The summed E-state index contributed by atoms with van der Waals surface area (Å²) in [7, 11) is 0. The van der Waals surface area contributed by atoms with Crippen molar-refractivity contribution in [3.63, 3.8) is 0 Å². The first kappa shape index (κ1) is 33.8. The van der Waals surface area contributed by atoms with Crippen LogP contribution in [0, 0.1) is 5.82 Å². The van der Waals surface area contributed by atoms with Gasteiger partial charge >= 0.3 is 6.03 Å². The van der Waals surface area contributed by atoms with Gasteiger partial charge < -0.3 is 29.4 Å². The summed E-state index contributed by atoms with van der Waals surface area (Å²) in [5.74, 6) is 0.426. The van der Waals surface area contributed by atoms with Crippen LogP contribution in [0.2, 0.25) is 5.02 Å². The van der Waals surface area contributed by atoms with Crippen LogP contribution in [0.1, 0.15) is 56.0 Å². The fourth-order valence-electron chi connectivity index (χ4n) is 7.99. The molecule has 2 saturated heterocycles. The summed E-state index contributed by atoms with van der Waals surface area (Å²) in [5.41, 5.74) is 5.62. The third kappa shape index (κ3) is 6.28. The summed E-state index contributed by atoms with van der Waals surface area (Å²) in [6.45, 7) is 7.47. The number of nitrogens with one attached hydrogen (secondary N) is 2. The fraction of sp³-hybridized carbons (Fsp3) is 0.350. The van der Waals surface area contributed by atoms with Crippen LogP contribution in [-0.4, -0.2) is 63.9 Å². The number of halogens is 2. The summed E-state index contributed by atoms with van der Waals surface area (Å²) in [6.07, 6.45) is 6.41. The molecule has 2 N–H and O–H groups in total. The number of rotatable bonds is 8. The molecule has 4 aromatic rings. The molecule has 272 valence electrons. The number of hydrogen-bond acceptors (Lipinski definition) is 7. The van der Waals surface area contributed by atoms with E-state index in [2.05, 4.69) is 31.2 Å². The number of aliphatic imine (C=N–C) groups is 1. The maximum atomic E-state index is 14.9. The van der Waals surface area contributed by atoms with Crippen LogP contribution in [0.3, 0.4) is 0 Å². The third-order valence-corrected chi connectivity index (χ3v) is 11.1. The Morgan fingerprint density at radius 2 is 1.92 bits per heavy atom. The molecule has 3 amide bonds. The van der Waals surface area contributed by atoms with E-state index in [1.165, 1.54) is 6.07 Å². The first-order chi connectivity index (χ1) is 25.6. The van der Waals surface area contributed by atoms with Gasteiger partial charge in [0.15, 0.2) is 11.5 Å². The molecule has 1 aromatic heterocycles. The number of imidazole rings is 1. The molecule has 53 heavy (non-hydrogen) atoms. The third-order valence-electron chi connectivity index (χ3n) is 10.9.